The van der Waals surface area contributed by atoms with Crippen molar-refractivity contribution in [1.29, 1.82) is 0 Å². The molecule has 0 aromatic heterocycles. The van der Waals surface area contributed by atoms with Gasteiger partial charge in [-0.3, -0.25) is 0 Å². The molecule has 0 saturated carbocycles. The lowest BCUT2D eigenvalue weighted by Crippen LogP contribution is -2.28. The minimum atomic E-state index is 0.381. The van der Waals surface area contributed by atoms with Gasteiger partial charge in [0.1, 0.15) is 0 Å². The number of hydrogen-bond donors (Lipinski definition) is 1. The number of methoxy groups -OCH3 is 1. The van der Waals surface area contributed by atoms with Crippen molar-refractivity contribution < 1.29 is 4.74 Å². The molecule has 2 rings (SSSR count). The van der Waals surface area contributed by atoms with Gasteiger partial charge in [0.15, 0.2) is 0 Å². The van der Waals surface area contributed by atoms with Crippen molar-refractivity contribution in [2.45, 2.75) is 32.7 Å². The summed E-state index contributed by atoms with van der Waals surface area (Å²) < 4.78 is 5.26. The molecule has 1 N–H and O–H groups in total. The zero-order valence-corrected chi connectivity index (χ0v) is 13.4. The molecule has 2 unspecified atom stereocenters. The molecule has 21 heavy (non-hydrogen) atoms. The predicted octanol–water partition coefficient (Wildman–Crippen LogP) is 4.55. The molecule has 0 fully saturated rings. The van der Waals surface area contributed by atoms with Crippen molar-refractivity contribution in [3.8, 4) is 0 Å². The topological polar surface area (TPSA) is 21.3 Å². The SMILES string of the molecule is CCCNC(c1cccc2ccccc12)C(C)CCOC. The number of rotatable bonds is 8. The van der Waals surface area contributed by atoms with Gasteiger partial charge in [-0.2, -0.15) is 0 Å². The smallest absolute Gasteiger partial charge is 0.0465 e. The van der Waals surface area contributed by atoms with Crippen LogP contribution in [0.4, 0.5) is 0 Å². The van der Waals surface area contributed by atoms with Crippen molar-refractivity contribution in [2.75, 3.05) is 20.3 Å². The molecule has 2 nitrogen and oxygen atoms in total. The van der Waals surface area contributed by atoms with Gasteiger partial charge in [-0.15, -0.1) is 0 Å². The molecule has 114 valence electrons. The van der Waals surface area contributed by atoms with E-state index in [1.54, 1.807) is 7.11 Å². The van der Waals surface area contributed by atoms with Crippen molar-refractivity contribution in [1.82, 2.24) is 5.32 Å². The van der Waals surface area contributed by atoms with Gasteiger partial charge in [0.05, 0.1) is 0 Å². The molecule has 2 atom stereocenters. The molecule has 2 aromatic rings. The quantitative estimate of drug-likeness (QED) is 0.768. The van der Waals surface area contributed by atoms with Crippen molar-refractivity contribution in [3.63, 3.8) is 0 Å². The average molecular weight is 285 g/mol. The first-order chi connectivity index (χ1) is 10.3. The number of benzene rings is 2. The van der Waals surface area contributed by atoms with E-state index >= 15 is 0 Å². The summed E-state index contributed by atoms with van der Waals surface area (Å²) in [5.74, 6) is 0.544. The number of nitrogens with one attached hydrogen (secondary N) is 1. The molecule has 0 bridgehead atoms. The van der Waals surface area contributed by atoms with Crippen LogP contribution in [-0.4, -0.2) is 20.3 Å². The van der Waals surface area contributed by atoms with Crippen LogP contribution in [0.15, 0.2) is 42.5 Å². The summed E-state index contributed by atoms with van der Waals surface area (Å²) in [5.41, 5.74) is 1.41. The van der Waals surface area contributed by atoms with Crippen molar-refractivity contribution >= 4 is 10.8 Å². The first kappa shape index (κ1) is 16.0. The molecule has 2 aromatic carbocycles. The molecule has 0 spiro atoms. The molecular formula is C19H27NO. The molecule has 0 aliphatic heterocycles. The second kappa shape index (κ2) is 8.16. The fourth-order valence-corrected chi connectivity index (χ4v) is 2.91. The van der Waals surface area contributed by atoms with Crippen LogP contribution < -0.4 is 5.32 Å². The summed E-state index contributed by atoms with van der Waals surface area (Å²) in [6, 6.07) is 15.7. The maximum absolute atomic E-state index is 5.26. The third-order valence-corrected chi connectivity index (χ3v) is 4.12. The van der Waals surface area contributed by atoms with Crippen LogP contribution in [0.3, 0.4) is 0 Å². The molecule has 0 aliphatic carbocycles. The van der Waals surface area contributed by atoms with E-state index < -0.39 is 0 Å². The Balaban J connectivity index is 2.33. The van der Waals surface area contributed by atoms with Gasteiger partial charge in [0.25, 0.3) is 0 Å². The first-order valence-electron chi connectivity index (χ1n) is 7.98. The van der Waals surface area contributed by atoms with Gasteiger partial charge >= 0.3 is 0 Å². The summed E-state index contributed by atoms with van der Waals surface area (Å²) in [6.07, 6.45) is 2.22. The van der Waals surface area contributed by atoms with Crippen molar-refractivity contribution in [2.24, 2.45) is 5.92 Å². The molecule has 0 amide bonds. The molecule has 0 aliphatic rings. The lowest BCUT2D eigenvalue weighted by Gasteiger charge is -2.27. The van der Waals surface area contributed by atoms with Crippen LogP contribution in [0.2, 0.25) is 0 Å². The fourth-order valence-electron chi connectivity index (χ4n) is 2.91. The van der Waals surface area contributed by atoms with E-state index in [9.17, 15) is 0 Å². The van der Waals surface area contributed by atoms with Crippen LogP contribution in [0.1, 0.15) is 38.3 Å². The Morgan fingerprint density at radius 2 is 1.86 bits per heavy atom. The lowest BCUT2D eigenvalue weighted by molar-refractivity contribution is 0.170. The van der Waals surface area contributed by atoms with Gasteiger partial charge in [-0.05, 0) is 41.6 Å². The minimum Gasteiger partial charge on any atom is -0.385 e. The van der Waals surface area contributed by atoms with Gasteiger partial charge in [0, 0.05) is 19.8 Å². The molecule has 0 saturated heterocycles. The summed E-state index contributed by atoms with van der Waals surface area (Å²) in [4.78, 5) is 0. The second-order valence-corrected chi connectivity index (χ2v) is 5.76. The maximum Gasteiger partial charge on any atom is 0.0465 e. The molecule has 2 heteroatoms. The third-order valence-electron chi connectivity index (χ3n) is 4.12. The third kappa shape index (κ3) is 4.05. The Bertz CT molecular complexity index is 547. The number of ether oxygens (including phenoxy) is 1. The van der Waals surface area contributed by atoms with E-state index in [4.69, 9.17) is 4.74 Å². The lowest BCUT2D eigenvalue weighted by atomic mass is 9.89. The normalized spacial score (nSPS) is 14.2. The largest absolute Gasteiger partial charge is 0.385 e. The van der Waals surface area contributed by atoms with Gasteiger partial charge in [-0.1, -0.05) is 56.3 Å². The maximum atomic E-state index is 5.26. The zero-order valence-electron chi connectivity index (χ0n) is 13.4. The highest BCUT2D eigenvalue weighted by atomic mass is 16.5. The zero-order chi connectivity index (χ0) is 15.1. The monoisotopic (exact) mass is 285 g/mol. The highest BCUT2D eigenvalue weighted by Crippen LogP contribution is 2.30. The fraction of sp³-hybridized carbons (Fsp3) is 0.474. The molecular weight excluding hydrogens is 258 g/mol. The summed E-state index contributed by atoms with van der Waals surface area (Å²) in [7, 11) is 1.78. The van der Waals surface area contributed by atoms with E-state index in [1.807, 2.05) is 0 Å². The van der Waals surface area contributed by atoms with E-state index in [1.165, 1.54) is 16.3 Å². The summed E-state index contributed by atoms with van der Waals surface area (Å²) in [5, 5.41) is 6.41. The van der Waals surface area contributed by atoms with E-state index in [-0.39, 0.29) is 0 Å². The highest BCUT2D eigenvalue weighted by Gasteiger charge is 2.20. The Morgan fingerprint density at radius 3 is 2.62 bits per heavy atom. The predicted molar refractivity (Wildman–Crippen MR) is 90.6 cm³/mol. The van der Waals surface area contributed by atoms with Crippen LogP contribution >= 0.6 is 0 Å². The molecule has 0 radical (unpaired) electrons. The molecule has 0 heterocycles. The van der Waals surface area contributed by atoms with E-state index in [0.29, 0.717) is 12.0 Å². The van der Waals surface area contributed by atoms with Crippen LogP contribution in [0, 0.1) is 5.92 Å². The van der Waals surface area contributed by atoms with Crippen molar-refractivity contribution in [3.05, 3.63) is 48.0 Å². The Kier molecular flexibility index (Phi) is 6.21. The first-order valence-corrected chi connectivity index (χ1v) is 7.98. The highest BCUT2D eigenvalue weighted by molar-refractivity contribution is 5.86. The van der Waals surface area contributed by atoms with E-state index in [2.05, 4.69) is 61.6 Å². The number of hydrogen-bond acceptors (Lipinski definition) is 2. The van der Waals surface area contributed by atoms with Crippen LogP contribution in [0.5, 0.6) is 0 Å². The minimum absolute atomic E-state index is 0.381. The van der Waals surface area contributed by atoms with Crippen LogP contribution in [0.25, 0.3) is 10.8 Å². The second-order valence-electron chi connectivity index (χ2n) is 5.76. The van der Waals surface area contributed by atoms with Gasteiger partial charge in [-0.25, -0.2) is 0 Å². The summed E-state index contributed by atoms with van der Waals surface area (Å²) >= 11 is 0. The standard InChI is InChI=1S/C19H27NO/c1-4-13-20-19(15(2)12-14-21-3)18-11-7-9-16-8-5-6-10-17(16)18/h5-11,15,19-20H,4,12-14H2,1-3H3. The van der Waals surface area contributed by atoms with Gasteiger partial charge < -0.3 is 10.1 Å². The number of fused-ring (bicyclic) bond motifs is 1. The van der Waals surface area contributed by atoms with E-state index in [0.717, 1.165) is 26.0 Å². The Labute approximate surface area is 128 Å². The van der Waals surface area contributed by atoms with Crippen LogP contribution in [-0.2, 0) is 4.74 Å². The average Bonchev–Trinajstić information content (AvgIpc) is 2.53. The van der Waals surface area contributed by atoms with Gasteiger partial charge in [0.2, 0.25) is 0 Å². The Morgan fingerprint density at radius 1 is 1.10 bits per heavy atom. The Hall–Kier alpha value is -1.38. The summed E-state index contributed by atoms with van der Waals surface area (Å²) in [6.45, 7) is 6.39.